The van der Waals surface area contributed by atoms with Crippen LogP contribution >= 0.6 is 0 Å². The van der Waals surface area contributed by atoms with Crippen molar-refractivity contribution in [2.24, 2.45) is 5.41 Å². The number of hydrogen-bond donors (Lipinski definition) is 1. The summed E-state index contributed by atoms with van der Waals surface area (Å²) in [5.41, 5.74) is 0.405. The van der Waals surface area contributed by atoms with Gasteiger partial charge in [-0.1, -0.05) is 20.8 Å². The molecule has 0 saturated carbocycles. The zero-order valence-corrected chi connectivity index (χ0v) is 9.92. The SMILES string of the molecule is CC(C)(C)CN1CCCC1CCCO. The van der Waals surface area contributed by atoms with E-state index in [0.717, 1.165) is 12.5 Å². The van der Waals surface area contributed by atoms with Crippen molar-refractivity contribution in [1.29, 1.82) is 0 Å². The molecule has 1 saturated heterocycles. The maximum atomic E-state index is 8.83. The molecule has 0 spiro atoms. The lowest BCUT2D eigenvalue weighted by atomic mass is 9.95. The number of likely N-dealkylation sites (tertiary alicyclic amines) is 1. The molecule has 1 rings (SSSR count). The minimum atomic E-state index is 0.347. The van der Waals surface area contributed by atoms with E-state index in [9.17, 15) is 0 Å². The molecule has 2 nitrogen and oxygen atoms in total. The van der Waals surface area contributed by atoms with Gasteiger partial charge in [0, 0.05) is 19.2 Å². The van der Waals surface area contributed by atoms with Crippen LogP contribution in [0.2, 0.25) is 0 Å². The smallest absolute Gasteiger partial charge is 0.0431 e. The molecule has 1 N–H and O–H groups in total. The van der Waals surface area contributed by atoms with Crippen molar-refractivity contribution >= 4 is 0 Å². The summed E-state index contributed by atoms with van der Waals surface area (Å²) in [7, 11) is 0. The third-order valence-electron chi connectivity index (χ3n) is 2.87. The molecule has 84 valence electrons. The fourth-order valence-corrected chi connectivity index (χ4v) is 2.37. The fraction of sp³-hybridized carbons (Fsp3) is 1.00. The van der Waals surface area contributed by atoms with Crippen LogP contribution in [0.1, 0.15) is 46.5 Å². The Morgan fingerprint density at radius 2 is 2.07 bits per heavy atom. The Balaban J connectivity index is 2.35. The number of nitrogens with zero attached hydrogens (tertiary/aromatic N) is 1. The first-order valence-corrected chi connectivity index (χ1v) is 5.88. The highest BCUT2D eigenvalue weighted by Gasteiger charge is 2.27. The quantitative estimate of drug-likeness (QED) is 0.751. The van der Waals surface area contributed by atoms with Crippen LogP contribution in [-0.2, 0) is 0 Å². The minimum Gasteiger partial charge on any atom is -0.396 e. The molecular formula is C12H25NO. The van der Waals surface area contributed by atoms with Gasteiger partial charge in [0.15, 0.2) is 0 Å². The molecule has 1 aliphatic heterocycles. The average molecular weight is 199 g/mol. The number of hydrogen-bond acceptors (Lipinski definition) is 2. The molecule has 0 radical (unpaired) electrons. The molecule has 1 atom stereocenters. The largest absolute Gasteiger partial charge is 0.396 e. The van der Waals surface area contributed by atoms with Crippen molar-refractivity contribution in [1.82, 2.24) is 4.90 Å². The van der Waals surface area contributed by atoms with Crippen LogP contribution in [0.3, 0.4) is 0 Å². The van der Waals surface area contributed by atoms with E-state index in [1.54, 1.807) is 0 Å². The molecule has 0 aromatic rings. The Morgan fingerprint density at radius 3 is 2.64 bits per heavy atom. The monoisotopic (exact) mass is 199 g/mol. The lowest BCUT2D eigenvalue weighted by Gasteiger charge is -2.31. The van der Waals surface area contributed by atoms with Crippen molar-refractivity contribution in [2.45, 2.75) is 52.5 Å². The van der Waals surface area contributed by atoms with Gasteiger partial charge in [0.2, 0.25) is 0 Å². The van der Waals surface area contributed by atoms with Crippen molar-refractivity contribution < 1.29 is 5.11 Å². The predicted molar refractivity (Wildman–Crippen MR) is 60.4 cm³/mol. The van der Waals surface area contributed by atoms with Crippen LogP contribution in [0.4, 0.5) is 0 Å². The summed E-state index contributed by atoms with van der Waals surface area (Å²) in [4.78, 5) is 2.61. The lowest BCUT2D eigenvalue weighted by Crippen LogP contribution is -2.36. The topological polar surface area (TPSA) is 23.5 Å². The summed E-state index contributed by atoms with van der Waals surface area (Å²) in [6.45, 7) is 9.70. The summed E-state index contributed by atoms with van der Waals surface area (Å²) < 4.78 is 0. The van der Waals surface area contributed by atoms with Gasteiger partial charge < -0.3 is 5.11 Å². The highest BCUT2D eigenvalue weighted by Crippen LogP contribution is 2.25. The Morgan fingerprint density at radius 1 is 1.36 bits per heavy atom. The molecule has 0 aromatic heterocycles. The Labute approximate surface area is 88.3 Å². The summed E-state index contributed by atoms with van der Waals surface area (Å²) in [6.07, 6.45) is 4.81. The van der Waals surface area contributed by atoms with E-state index in [0.29, 0.717) is 12.0 Å². The average Bonchev–Trinajstić information content (AvgIpc) is 2.45. The summed E-state index contributed by atoms with van der Waals surface area (Å²) in [6, 6.07) is 0.737. The maximum absolute atomic E-state index is 8.83. The first kappa shape index (κ1) is 12.0. The van der Waals surface area contributed by atoms with Crippen LogP contribution in [-0.4, -0.2) is 35.7 Å². The number of aliphatic hydroxyl groups is 1. The number of aliphatic hydroxyl groups excluding tert-OH is 1. The predicted octanol–water partition coefficient (Wildman–Crippen LogP) is 2.27. The normalized spacial score (nSPS) is 24.4. The van der Waals surface area contributed by atoms with Crippen molar-refractivity contribution in [3.8, 4) is 0 Å². The Bertz CT molecular complexity index is 162. The molecule has 0 amide bonds. The van der Waals surface area contributed by atoms with Crippen molar-refractivity contribution in [3.05, 3.63) is 0 Å². The van der Waals surface area contributed by atoms with Gasteiger partial charge in [-0.05, 0) is 37.6 Å². The Hall–Kier alpha value is -0.0800. The van der Waals surface area contributed by atoms with E-state index in [4.69, 9.17) is 5.11 Å². The first-order chi connectivity index (χ1) is 6.53. The minimum absolute atomic E-state index is 0.347. The standard InChI is InChI=1S/C12H25NO/c1-12(2,3)10-13-8-4-6-11(13)7-5-9-14/h11,14H,4-10H2,1-3H3. The second-order valence-electron chi connectivity index (χ2n) is 5.69. The van der Waals surface area contributed by atoms with Gasteiger partial charge in [0.05, 0.1) is 0 Å². The van der Waals surface area contributed by atoms with E-state index in [-0.39, 0.29) is 0 Å². The van der Waals surface area contributed by atoms with Crippen LogP contribution in [0.25, 0.3) is 0 Å². The first-order valence-electron chi connectivity index (χ1n) is 5.88. The third kappa shape index (κ3) is 3.97. The third-order valence-corrected chi connectivity index (χ3v) is 2.87. The molecule has 1 heterocycles. The lowest BCUT2D eigenvalue weighted by molar-refractivity contribution is 0.162. The highest BCUT2D eigenvalue weighted by atomic mass is 16.2. The molecule has 0 aliphatic carbocycles. The second kappa shape index (κ2) is 5.13. The van der Waals surface area contributed by atoms with E-state index in [1.165, 1.54) is 32.4 Å². The zero-order valence-electron chi connectivity index (χ0n) is 9.92. The van der Waals surface area contributed by atoms with Gasteiger partial charge in [-0.25, -0.2) is 0 Å². The molecular weight excluding hydrogens is 174 g/mol. The second-order valence-corrected chi connectivity index (χ2v) is 5.69. The molecule has 1 unspecified atom stereocenters. The van der Waals surface area contributed by atoms with Gasteiger partial charge >= 0.3 is 0 Å². The van der Waals surface area contributed by atoms with Gasteiger partial charge in [-0.2, -0.15) is 0 Å². The maximum Gasteiger partial charge on any atom is 0.0431 e. The van der Waals surface area contributed by atoms with Crippen LogP contribution in [0, 0.1) is 5.41 Å². The Kier molecular flexibility index (Phi) is 4.39. The molecule has 2 heteroatoms. The molecule has 1 fully saturated rings. The van der Waals surface area contributed by atoms with E-state index in [2.05, 4.69) is 25.7 Å². The van der Waals surface area contributed by atoms with E-state index < -0.39 is 0 Å². The summed E-state index contributed by atoms with van der Waals surface area (Å²) in [5.74, 6) is 0. The van der Waals surface area contributed by atoms with Crippen molar-refractivity contribution in [3.63, 3.8) is 0 Å². The summed E-state index contributed by atoms with van der Waals surface area (Å²) >= 11 is 0. The fourth-order valence-electron chi connectivity index (χ4n) is 2.37. The van der Waals surface area contributed by atoms with Crippen LogP contribution in [0.5, 0.6) is 0 Å². The molecule has 0 bridgehead atoms. The van der Waals surface area contributed by atoms with E-state index >= 15 is 0 Å². The van der Waals surface area contributed by atoms with Crippen LogP contribution < -0.4 is 0 Å². The van der Waals surface area contributed by atoms with Gasteiger partial charge in [0.1, 0.15) is 0 Å². The molecule has 0 aromatic carbocycles. The molecule has 14 heavy (non-hydrogen) atoms. The van der Waals surface area contributed by atoms with Crippen molar-refractivity contribution in [2.75, 3.05) is 19.7 Å². The van der Waals surface area contributed by atoms with E-state index in [1.807, 2.05) is 0 Å². The highest BCUT2D eigenvalue weighted by molar-refractivity contribution is 4.82. The van der Waals surface area contributed by atoms with Gasteiger partial charge in [0.25, 0.3) is 0 Å². The number of rotatable bonds is 4. The van der Waals surface area contributed by atoms with Gasteiger partial charge in [-0.3, -0.25) is 4.90 Å². The van der Waals surface area contributed by atoms with Crippen LogP contribution in [0.15, 0.2) is 0 Å². The van der Waals surface area contributed by atoms with Gasteiger partial charge in [-0.15, -0.1) is 0 Å². The summed E-state index contributed by atoms with van der Waals surface area (Å²) in [5, 5.41) is 8.83. The molecule has 1 aliphatic rings. The zero-order chi connectivity index (χ0) is 10.6.